The van der Waals surface area contributed by atoms with Crippen LogP contribution in [0.4, 0.5) is 0 Å². The standard InChI is InChI=1S/C52H30OS/c1-2-12-36-32(10-1)11-9-18-38(36)51-41-16-5-3-14-39(41)50(40-15-4-6-17-42(40)51)33-22-20-31(21-23-33)34-25-27-47-45(28-34)43-26-24-35-29-46-37-13-7-8-19-48(37)54-49(46)30-44(35)52(43)53-47/h1-30H. The topological polar surface area (TPSA) is 13.1 Å². The summed E-state index contributed by atoms with van der Waals surface area (Å²) in [7, 11) is 0. The molecule has 10 aromatic carbocycles. The largest absolute Gasteiger partial charge is 0.455 e. The fourth-order valence-corrected chi connectivity index (χ4v) is 10.1. The van der Waals surface area contributed by atoms with Gasteiger partial charge in [-0.15, -0.1) is 11.3 Å². The third kappa shape index (κ3) is 4.32. The molecule has 0 aliphatic rings. The molecule has 0 aliphatic carbocycles. The van der Waals surface area contributed by atoms with Gasteiger partial charge in [-0.25, -0.2) is 0 Å². The Morgan fingerprint density at radius 1 is 0.315 bits per heavy atom. The van der Waals surface area contributed by atoms with Crippen LogP contribution < -0.4 is 0 Å². The smallest absolute Gasteiger partial charge is 0.143 e. The van der Waals surface area contributed by atoms with Crippen molar-refractivity contribution >= 4 is 96.5 Å². The summed E-state index contributed by atoms with van der Waals surface area (Å²) in [5.41, 5.74) is 9.28. The molecule has 0 unspecified atom stereocenters. The van der Waals surface area contributed by atoms with Gasteiger partial charge in [0, 0.05) is 36.3 Å². The molecule has 0 atom stereocenters. The molecule has 0 spiro atoms. The highest BCUT2D eigenvalue weighted by Crippen LogP contribution is 2.46. The van der Waals surface area contributed by atoms with Crippen molar-refractivity contribution in [2.45, 2.75) is 0 Å². The van der Waals surface area contributed by atoms with Crippen LogP contribution in [0.15, 0.2) is 186 Å². The van der Waals surface area contributed by atoms with Crippen LogP contribution in [-0.2, 0) is 0 Å². The van der Waals surface area contributed by atoms with E-state index in [1.54, 1.807) is 0 Å². The lowest BCUT2D eigenvalue weighted by Gasteiger charge is -2.19. The van der Waals surface area contributed by atoms with E-state index in [9.17, 15) is 0 Å². The Morgan fingerprint density at radius 3 is 1.72 bits per heavy atom. The molecule has 12 aromatic rings. The Hall–Kier alpha value is -6.74. The Balaban J connectivity index is 0.992. The summed E-state index contributed by atoms with van der Waals surface area (Å²) in [6.07, 6.45) is 0. The second-order valence-electron chi connectivity index (χ2n) is 14.4. The minimum Gasteiger partial charge on any atom is -0.455 e. The number of benzene rings is 10. The van der Waals surface area contributed by atoms with Gasteiger partial charge in [0.1, 0.15) is 11.2 Å². The first kappa shape index (κ1) is 29.8. The maximum atomic E-state index is 6.61. The predicted molar refractivity (Wildman–Crippen MR) is 233 cm³/mol. The first-order chi connectivity index (χ1) is 26.8. The lowest BCUT2D eigenvalue weighted by Crippen LogP contribution is -1.91. The second kappa shape index (κ2) is 11.4. The minimum atomic E-state index is 0.915. The summed E-state index contributed by atoms with van der Waals surface area (Å²) >= 11 is 1.85. The maximum absolute atomic E-state index is 6.61. The van der Waals surface area contributed by atoms with Gasteiger partial charge in [0.05, 0.1) is 0 Å². The third-order valence-electron chi connectivity index (χ3n) is 11.4. The van der Waals surface area contributed by atoms with Crippen molar-refractivity contribution < 1.29 is 4.42 Å². The summed E-state index contributed by atoms with van der Waals surface area (Å²) in [4.78, 5) is 0. The van der Waals surface area contributed by atoms with Crippen molar-refractivity contribution in [3.63, 3.8) is 0 Å². The molecule has 250 valence electrons. The van der Waals surface area contributed by atoms with E-state index in [1.165, 1.54) is 96.6 Å². The van der Waals surface area contributed by atoms with Crippen molar-refractivity contribution in [3.8, 4) is 33.4 Å². The third-order valence-corrected chi connectivity index (χ3v) is 12.6. The Kier molecular flexibility index (Phi) is 6.28. The number of hydrogen-bond donors (Lipinski definition) is 0. The Bertz CT molecular complexity index is 3430. The van der Waals surface area contributed by atoms with Crippen LogP contribution in [0, 0.1) is 0 Å². The zero-order valence-electron chi connectivity index (χ0n) is 29.1. The highest BCUT2D eigenvalue weighted by molar-refractivity contribution is 7.25. The molecule has 2 aromatic heterocycles. The van der Waals surface area contributed by atoms with Gasteiger partial charge in [-0.05, 0) is 107 Å². The molecule has 0 amide bonds. The number of thiophene rings is 1. The van der Waals surface area contributed by atoms with Gasteiger partial charge in [0.15, 0.2) is 0 Å². The average Bonchev–Trinajstić information content (AvgIpc) is 3.80. The quantitative estimate of drug-likeness (QED) is 0.167. The predicted octanol–water partition coefficient (Wildman–Crippen LogP) is 15.6. The molecule has 0 N–H and O–H groups in total. The van der Waals surface area contributed by atoms with Crippen LogP contribution in [0.3, 0.4) is 0 Å². The van der Waals surface area contributed by atoms with Crippen molar-refractivity contribution in [2.75, 3.05) is 0 Å². The molecule has 2 heteroatoms. The van der Waals surface area contributed by atoms with Crippen LogP contribution in [0.5, 0.6) is 0 Å². The van der Waals surface area contributed by atoms with Gasteiger partial charge in [-0.2, -0.15) is 0 Å². The van der Waals surface area contributed by atoms with Crippen LogP contribution in [-0.4, -0.2) is 0 Å². The van der Waals surface area contributed by atoms with Gasteiger partial charge < -0.3 is 4.42 Å². The van der Waals surface area contributed by atoms with Crippen molar-refractivity contribution in [1.82, 2.24) is 0 Å². The van der Waals surface area contributed by atoms with Gasteiger partial charge in [0.25, 0.3) is 0 Å². The van der Waals surface area contributed by atoms with Gasteiger partial charge in [-0.3, -0.25) is 0 Å². The number of furan rings is 1. The van der Waals surface area contributed by atoms with Crippen molar-refractivity contribution in [3.05, 3.63) is 182 Å². The lowest BCUT2D eigenvalue weighted by molar-refractivity contribution is 0.673. The van der Waals surface area contributed by atoms with Crippen molar-refractivity contribution in [2.24, 2.45) is 0 Å². The normalized spacial score (nSPS) is 12.1. The molecule has 0 bridgehead atoms. The van der Waals surface area contributed by atoms with Gasteiger partial charge in [-0.1, -0.05) is 146 Å². The van der Waals surface area contributed by atoms with E-state index in [1.807, 2.05) is 11.3 Å². The molecule has 2 heterocycles. The highest BCUT2D eigenvalue weighted by atomic mass is 32.1. The van der Waals surface area contributed by atoms with Crippen LogP contribution in [0.25, 0.3) is 119 Å². The zero-order chi connectivity index (χ0) is 35.3. The molecule has 12 rings (SSSR count). The van der Waals surface area contributed by atoms with Gasteiger partial charge >= 0.3 is 0 Å². The average molecular weight is 703 g/mol. The monoisotopic (exact) mass is 702 g/mol. The summed E-state index contributed by atoms with van der Waals surface area (Å²) in [6, 6.07) is 66.8. The van der Waals surface area contributed by atoms with E-state index in [0.717, 1.165) is 21.9 Å². The Labute approximate surface area is 314 Å². The SMILES string of the molecule is c1ccc2c(-c3c4ccccc4c(-c4ccc(-c5ccc6oc7c8cc9sc%10ccccc%10c9cc8ccc7c6c5)cc4)c4ccccc34)cccc2c1. The van der Waals surface area contributed by atoms with E-state index in [0.29, 0.717) is 0 Å². The van der Waals surface area contributed by atoms with E-state index in [4.69, 9.17) is 4.42 Å². The molecular weight excluding hydrogens is 673 g/mol. The number of rotatable bonds is 3. The molecule has 0 saturated heterocycles. The minimum absolute atomic E-state index is 0.915. The molecule has 0 radical (unpaired) electrons. The summed E-state index contributed by atoms with van der Waals surface area (Å²) < 4.78 is 9.22. The fraction of sp³-hybridized carbons (Fsp3) is 0. The first-order valence-electron chi connectivity index (χ1n) is 18.5. The number of fused-ring (bicyclic) bond motifs is 11. The molecule has 54 heavy (non-hydrogen) atoms. The van der Waals surface area contributed by atoms with E-state index < -0.39 is 0 Å². The summed E-state index contributed by atoms with van der Waals surface area (Å²) in [5, 5.41) is 14.9. The summed E-state index contributed by atoms with van der Waals surface area (Å²) in [6.45, 7) is 0. The zero-order valence-corrected chi connectivity index (χ0v) is 30.0. The van der Waals surface area contributed by atoms with E-state index in [-0.39, 0.29) is 0 Å². The van der Waals surface area contributed by atoms with E-state index >= 15 is 0 Å². The van der Waals surface area contributed by atoms with Crippen LogP contribution >= 0.6 is 11.3 Å². The van der Waals surface area contributed by atoms with E-state index in [2.05, 4.69) is 182 Å². The molecular formula is C52H30OS. The fourth-order valence-electron chi connectivity index (χ4n) is 8.96. The second-order valence-corrected chi connectivity index (χ2v) is 15.5. The van der Waals surface area contributed by atoms with Crippen LogP contribution in [0.2, 0.25) is 0 Å². The first-order valence-corrected chi connectivity index (χ1v) is 19.3. The van der Waals surface area contributed by atoms with Gasteiger partial charge in [0.2, 0.25) is 0 Å². The Morgan fingerprint density at radius 2 is 0.944 bits per heavy atom. The maximum Gasteiger partial charge on any atom is 0.143 e. The van der Waals surface area contributed by atoms with Crippen LogP contribution in [0.1, 0.15) is 0 Å². The molecule has 1 nitrogen and oxygen atoms in total. The molecule has 0 saturated carbocycles. The molecule has 0 aliphatic heterocycles. The molecule has 0 fully saturated rings. The summed E-state index contributed by atoms with van der Waals surface area (Å²) in [5.74, 6) is 0. The highest BCUT2D eigenvalue weighted by Gasteiger charge is 2.19. The lowest BCUT2D eigenvalue weighted by atomic mass is 9.84. The number of hydrogen-bond acceptors (Lipinski definition) is 2. The van der Waals surface area contributed by atoms with Crippen molar-refractivity contribution in [1.29, 1.82) is 0 Å².